The predicted molar refractivity (Wildman–Crippen MR) is 74.7 cm³/mol. The maximum atomic E-state index is 5.71. The molecule has 17 heavy (non-hydrogen) atoms. The van der Waals surface area contributed by atoms with Crippen molar-refractivity contribution in [3.8, 4) is 5.75 Å². The Morgan fingerprint density at radius 3 is 3.06 bits per heavy atom. The van der Waals surface area contributed by atoms with E-state index in [1.807, 2.05) is 18.2 Å². The number of anilines is 1. The van der Waals surface area contributed by atoms with Gasteiger partial charge < -0.3 is 15.4 Å². The molecule has 0 amide bonds. The molecule has 1 aromatic rings. The third-order valence-electron chi connectivity index (χ3n) is 3.02. The van der Waals surface area contributed by atoms with Crippen molar-refractivity contribution in [2.75, 3.05) is 24.6 Å². The molecule has 0 spiro atoms. The number of rotatable bonds is 3. The van der Waals surface area contributed by atoms with Gasteiger partial charge >= 0.3 is 0 Å². The van der Waals surface area contributed by atoms with Crippen molar-refractivity contribution in [2.45, 2.75) is 13.3 Å². The number of nitrogens with zero attached hydrogens (tertiary/aromatic N) is 1. The molecule has 2 rings (SSSR count). The number of benzene rings is 1. The first kappa shape index (κ1) is 12.2. The smallest absolute Gasteiger partial charge is 0.142 e. The lowest BCUT2D eigenvalue weighted by Gasteiger charge is -2.26. The van der Waals surface area contributed by atoms with E-state index in [-0.39, 0.29) is 5.92 Å². The fourth-order valence-electron chi connectivity index (χ4n) is 2.01. The first-order chi connectivity index (χ1) is 8.18. The Bertz CT molecular complexity index is 408. The summed E-state index contributed by atoms with van der Waals surface area (Å²) >= 11 is 5.04. The largest absolute Gasteiger partial charge is 0.491 e. The van der Waals surface area contributed by atoms with Crippen molar-refractivity contribution in [1.29, 1.82) is 0 Å². The third-order valence-corrected chi connectivity index (χ3v) is 3.42. The van der Waals surface area contributed by atoms with E-state index in [1.54, 1.807) is 0 Å². The molecule has 0 bridgehead atoms. The molecule has 0 aliphatic carbocycles. The van der Waals surface area contributed by atoms with Crippen molar-refractivity contribution >= 4 is 22.9 Å². The number of para-hydroxylation sites is 2. The molecule has 0 saturated heterocycles. The van der Waals surface area contributed by atoms with Crippen LogP contribution in [0.3, 0.4) is 0 Å². The average Bonchev–Trinajstić information content (AvgIpc) is 2.52. The second-order valence-corrected chi connectivity index (χ2v) is 4.89. The van der Waals surface area contributed by atoms with Gasteiger partial charge in [-0.15, -0.1) is 0 Å². The van der Waals surface area contributed by atoms with E-state index in [1.165, 1.54) is 0 Å². The fourth-order valence-corrected chi connectivity index (χ4v) is 2.08. The van der Waals surface area contributed by atoms with Crippen LogP contribution >= 0.6 is 12.2 Å². The molecule has 1 unspecified atom stereocenters. The molecule has 0 saturated carbocycles. The van der Waals surface area contributed by atoms with E-state index >= 15 is 0 Å². The first-order valence-corrected chi connectivity index (χ1v) is 6.35. The van der Waals surface area contributed by atoms with Gasteiger partial charge in [-0.1, -0.05) is 31.3 Å². The van der Waals surface area contributed by atoms with Crippen molar-refractivity contribution in [2.24, 2.45) is 11.7 Å². The molecular formula is C13H18N2OS. The minimum atomic E-state index is 0.219. The molecule has 0 radical (unpaired) electrons. The molecule has 1 heterocycles. The Hall–Kier alpha value is -1.29. The zero-order valence-corrected chi connectivity index (χ0v) is 10.9. The zero-order chi connectivity index (χ0) is 12.3. The summed E-state index contributed by atoms with van der Waals surface area (Å²) in [6.07, 6.45) is 1.03. The monoisotopic (exact) mass is 250 g/mol. The van der Waals surface area contributed by atoms with Crippen LogP contribution in [-0.4, -0.2) is 24.7 Å². The highest BCUT2D eigenvalue weighted by molar-refractivity contribution is 7.80. The minimum Gasteiger partial charge on any atom is -0.491 e. The number of thiocarbonyl (C=S) groups is 1. The normalized spacial score (nSPS) is 16.6. The van der Waals surface area contributed by atoms with E-state index in [2.05, 4.69) is 17.9 Å². The minimum absolute atomic E-state index is 0.219. The van der Waals surface area contributed by atoms with E-state index in [9.17, 15) is 0 Å². The third kappa shape index (κ3) is 2.88. The van der Waals surface area contributed by atoms with Gasteiger partial charge in [0.2, 0.25) is 0 Å². The standard InChI is InChI=1S/C13H18N2OS/c1-10(13(14)17)9-15-7-4-8-16-12-6-3-2-5-11(12)15/h2-3,5-6,10H,4,7-9H2,1H3,(H2,14,17). The number of hydrogen-bond donors (Lipinski definition) is 1. The second-order valence-electron chi connectivity index (χ2n) is 4.42. The second kappa shape index (κ2) is 5.36. The molecule has 4 heteroatoms. The highest BCUT2D eigenvalue weighted by Gasteiger charge is 2.18. The van der Waals surface area contributed by atoms with Crippen LogP contribution in [0.5, 0.6) is 5.75 Å². The van der Waals surface area contributed by atoms with Gasteiger partial charge in [-0.2, -0.15) is 0 Å². The fraction of sp³-hybridized carbons (Fsp3) is 0.462. The quantitative estimate of drug-likeness (QED) is 0.835. The van der Waals surface area contributed by atoms with E-state index in [0.29, 0.717) is 4.99 Å². The molecule has 92 valence electrons. The first-order valence-electron chi connectivity index (χ1n) is 5.94. The Morgan fingerprint density at radius 2 is 2.29 bits per heavy atom. The topological polar surface area (TPSA) is 38.5 Å². The van der Waals surface area contributed by atoms with E-state index in [4.69, 9.17) is 22.7 Å². The molecule has 1 aliphatic heterocycles. The maximum absolute atomic E-state index is 5.71. The van der Waals surface area contributed by atoms with Crippen LogP contribution in [0.2, 0.25) is 0 Å². The van der Waals surface area contributed by atoms with Crippen molar-refractivity contribution < 1.29 is 4.74 Å². The molecule has 2 N–H and O–H groups in total. The Kier molecular flexibility index (Phi) is 3.84. The number of fused-ring (bicyclic) bond motifs is 1. The van der Waals surface area contributed by atoms with Crippen molar-refractivity contribution in [3.63, 3.8) is 0 Å². The lowest BCUT2D eigenvalue weighted by atomic mass is 10.1. The number of ether oxygens (including phenoxy) is 1. The Balaban J connectivity index is 2.20. The Labute approximate surface area is 108 Å². The van der Waals surface area contributed by atoms with Crippen LogP contribution in [0.1, 0.15) is 13.3 Å². The van der Waals surface area contributed by atoms with Gasteiger partial charge in [0.1, 0.15) is 5.75 Å². The summed E-state index contributed by atoms with van der Waals surface area (Å²) in [6, 6.07) is 8.14. The predicted octanol–water partition coefficient (Wildman–Crippen LogP) is 2.20. The van der Waals surface area contributed by atoms with Crippen molar-refractivity contribution in [3.05, 3.63) is 24.3 Å². The summed E-state index contributed by atoms with van der Waals surface area (Å²) in [6.45, 7) is 4.69. The summed E-state index contributed by atoms with van der Waals surface area (Å²) in [4.78, 5) is 2.89. The summed E-state index contributed by atoms with van der Waals surface area (Å²) in [5, 5.41) is 0. The van der Waals surface area contributed by atoms with Crippen LogP contribution in [0.4, 0.5) is 5.69 Å². The summed E-state index contributed by atoms with van der Waals surface area (Å²) in [5.41, 5.74) is 6.83. The molecule has 1 aromatic carbocycles. The van der Waals surface area contributed by atoms with Gasteiger partial charge in [0.25, 0.3) is 0 Å². The Morgan fingerprint density at radius 1 is 1.53 bits per heavy atom. The van der Waals surface area contributed by atoms with Crippen LogP contribution in [0, 0.1) is 5.92 Å². The van der Waals surface area contributed by atoms with Gasteiger partial charge in [-0.3, -0.25) is 0 Å². The average molecular weight is 250 g/mol. The van der Waals surface area contributed by atoms with Crippen LogP contribution in [0.15, 0.2) is 24.3 Å². The van der Waals surface area contributed by atoms with Crippen LogP contribution in [0.25, 0.3) is 0 Å². The van der Waals surface area contributed by atoms with E-state index < -0.39 is 0 Å². The molecule has 3 nitrogen and oxygen atoms in total. The zero-order valence-electron chi connectivity index (χ0n) is 10.1. The van der Waals surface area contributed by atoms with Gasteiger partial charge in [0, 0.05) is 19.0 Å². The molecule has 1 aliphatic rings. The summed E-state index contributed by atoms with van der Waals surface area (Å²) in [7, 11) is 0. The lowest BCUT2D eigenvalue weighted by Crippen LogP contribution is -2.34. The van der Waals surface area contributed by atoms with Crippen LogP contribution < -0.4 is 15.4 Å². The van der Waals surface area contributed by atoms with Gasteiger partial charge in [-0.05, 0) is 18.6 Å². The number of nitrogens with two attached hydrogens (primary N) is 1. The summed E-state index contributed by atoms with van der Waals surface area (Å²) in [5.74, 6) is 1.18. The molecule has 0 fully saturated rings. The van der Waals surface area contributed by atoms with Crippen molar-refractivity contribution in [1.82, 2.24) is 0 Å². The van der Waals surface area contributed by atoms with E-state index in [0.717, 1.165) is 37.6 Å². The highest BCUT2D eigenvalue weighted by atomic mass is 32.1. The maximum Gasteiger partial charge on any atom is 0.142 e. The summed E-state index contributed by atoms with van der Waals surface area (Å²) < 4.78 is 5.71. The van der Waals surface area contributed by atoms with Gasteiger partial charge in [-0.25, -0.2) is 0 Å². The van der Waals surface area contributed by atoms with Gasteiger partial charge in [0.15, 0.2) is 0 Å². The van der Waals surface area contributed by atoms with Gasteiger partial charge in [0.05, 0.1) is 17.3 Å². The SMILES string of the molecule is CC(CN1CCCOc2ccccc21)C(N)=S. The molecule has 1 atom stereocenters. The number of hydrogen-bond acceptors (Lipinski definition) is 3. The molecule has 0 aromatic heterocycles. The lowest BCUT2D eigenvalue weighted by molar-refractivity contribution is 0.322. The molecular weight excluding hydrogens is 232 g/mol. The highest BCUT2D eigenvalue weighted by Crippen LogP contribution is 2.30. The van der Waals surface area contributed by atoms with Crippen LogP contribution in [-0.2, 0) is 0 Å².